The highest BCUT2D eigenvalue weighted by atomic mass is 32.1. The molecule has 0 saturated heterocycles. The minimum absolute atomic E-state index is 0.855. The molecule has 246 valence electrons. The average molecular weight is 693 g/mol. The van der Waals surface area contributed by atoms with E-state index in [1.807, 2.05) is 17.6 Å². The van der Waals surface area contributed by atoms with Crippen molar-refractivity contribution >= 4 is 96.7 Å². The number of rotatable bonds is 3. The smallest absolute Gasteiger partial charge is 0.136 e. The predicted molar refractivity (Wildman–Crippen MR) is 225 cm³/mol. The molecule has 3 heteroatoms. The first-order valence-corrected chi connectivity index (χ1v) is 18.8. The highest BCUT2D eigenvalue weighted by Crippen LogP contribution is 2.46. The van der Waals surface area contributed by atoms with Crippen LogP contribution in [-0.4, -0.2) is 0 Å². The molecule has 0 N–H and O–H groups in total. The molecule has 12 aromatic rings. The van der Waals surface area contributed by atoms with E-state index in [0.29, 0.717) is 0 Å². The van der Waals surface area contributed by atoms with Gasteiger partial charge in [-0.25, -0.2) is 0 Å². The van der Waals surface area contributed by atoms with Gasteiger partial charge in [-0.15, -0.1) is 11.3 Å². The summed E-state index contributed by atoms with van der Waals surface area (Å²) in [6, 6.07) is 59.4. The molecule has 3 heterocycles. The molecule has 0 aliphatic carbocycles. The molecule has 2 nitrogen and oxygen atoms in total. The molecule has 0 aliphatic heterocycles. The zero-order valence-electron chi connectivity index (χ0n) is 28.4. The molecule has 0 unspecified atom stereocenters. The summed E-state index contributed by atoms with van der Waals surface area (Å²) in [6.07, 6.45) is 1.87. The van der Waals surface area contributed by atoms with E-state index in [0.717, 1.165) is 49.6 Å². The van der Waals surface area contributed by atoms with Gasteiger partial charge >= 0.3 is 0 Å². The van der Waals surface area contributed by atoms with Gasteiger partial charge in [0.05, 0.1) is 6.26 Å². The van der Waals surface area contributed by atoms with Gasteiger partial charge in [0.15, 0.2) is 0 Å². The van der Waals surface area contributed by atoms with Gasteiger partial charge in [0, 0.05) is 41.9 Å². The molecule has 12 rings (SSSR count). The van der Waals surface area contributed by atoms with Gasteiger partial charge in [-0.1, -0.05) is 121 Å². The summed E-state index contributed by atoms with van der Waals surface area (Å²) in [5.41, 5.74) is 9.64. The van der Waals surface area contributed by atoms with Crippen LogP contribution >= 0.6 is 11.3 Å². The number of furan rings is 2. The highest BCUT2D eigenvalue weighted by Gasteiger charge is 2.20. The van der Waals surface area contributed by atoms with Crippen LogP contribution in [0.3, 0.4) is 0 Å². The monoisotopic (exact) mass is 692 g/mol. The summed E-state index contributed by atoms with van der Waals surface area (Å²) >= 11 is 1.87. The molecule has 0 fully saturated rings. The molecule has 0 bridgehead atoms. The van der Waals surface area contributed by atoms with E-state index < -0.39 is 0 Å². The van der Waals surface area contributed by atoms with Crippen LogP contribution in [0.2, 0.25) is 0 Å². The van der Waals surface area contributed by atoms with Crippen LogP contribution < -0.4 is 0 Å². The summed E-state index contributed by atoms with van der Waals surface area (Å²) < 4.78 is 15.5. The van der Waals surface area contributed by atoms with Gasteiger partial charge in [-0.3, -0.25) is 0 Å². The Kier molecular flexibility index (Phi) is 5.96. The summed E-state index contributed by atoms with van der Waals surface area (Å²) in [6.45, 7) is 0. The van der Waals surface area contributed by atoms with Crippen LogP contribution in [0.4, 0.5) is 0 Å². The molecule has 3 aromatic heterocycles. The lowest BCUT2D eigenvalue weighted by molar-refractivity contribution is 0.617. The minimum Gasteiger partial charge on any atom is -0.464 e. The Morgan fingerprint density at radius 1 is 0.340 bits per heavy atom. The number of benzene rings is 9. The third-order valence-corrected chi connectivity index (χ3v) is 12.2. The lowest BCUT2D eigenvalue weighted by Gasteiger charge is -2.17. The number of hydrogen-bond donors (Lipinski definition) is 0. The third-order valence-electron chi connectivity index (χ3n) is 11.1. The zero-order valence-corrected chi connectivity index (χ0v) is 29.2. The Hall–Kier alpha value is -6.68. The molecule has 0 saturated carbocycles. The van der Waals surface area contributed by atoms with Crippen molar-refractivity contribution in [3.05, 3.63) is 170 Å². The largest absolute Gasteiger partial charge is 0.464 e. The molecule has 0 atom stereocenters. The molecular formula is C50H28O2S. The molecule has 53 heavy (non-hydrogen) atoms. The van der Waals surface area contributed by atoms with Crippen molar-refractivity contribution in [3.8, 4) is 33.4 Å². The van der Waals surface area contributed by atoms with Crippen molar-refractivity contribution in [2.24, 2.45) is 0 Å². The van der Waals surface area contributed by atoms with Crippen molar-refractivity contribution in [1.82, 2.24) is 0 Å². The second-order valence-electron chi connectivity index (χ2n) is 14.0. The van der Waals surface area contributed by atoms with Gasteiger partial charge in [0.1, 0.15) is 16.7 Å². The Labute approximate surface area is 307 Å². The zero-order chi connectivity index (χ0) is 34.6. The summed E-state index contributed by atoms with van der Waals surface area (Å²) in [5.74, 6) is 0. The SMILES string of the molecule is c1ccc2cc(-c3coc4cc5c(cc34)oc3cc(-c4c6ccccc6c(-c6ccc7c(c6)sc6ccccc67)c6ccccc46)ccc35)ccc2c1. The van der Waals surface area contributed by atoms with Gasteiger partial charge in [-0.2, -0.15) is 0 Å². The first kappa shape index (κ1) is 29.0. The fraction of sp³-hybridized carbons (Fsp3) is 0. The molecule has 0 radical (unpaired) electrons. The van der Waals surface area contributed by atoms with E-state index in [4.69, 9.17) is 8.83 Å². The normalized spacial score (nSPS) is 12.2. The summed E-state index contributed by atoms with van der Waals surface area (Å²) in [4.78, 5) is 0. The Bertz CT molecular complexity index is 3410. The van der Waals surface area contributed by atoms with Crippen molar-refractivity contribution < 1.29 is 8.83 Å². The lowest BCUT2D eigenvalue weighted by Crippen LogP contribution is -1.90. The quantitative estimate of drug-likeness (QED) is 0.172. The van der Waals surface area contributed by atoms with Crippen LogP contribution in [0.15, 0.2) is 179 Å². The van der Waals surface area contributed by atoms with E-state index in [1.54, 1.807) is 0 Å². The summed E-state index contributed by atoms with van der Waals surface area (Å²) in [5, 5.41) is 13.2. The van der Waals surface area contributed by atoms with Crippen LogP contribution in [0.5, 0.6) is 0 Å². The Morgan fingerprint density at radius 2 is 0.906 bits per heavy atom. The van der Waals surface area contributed by atoms with E-state index >= 15 is 0 Å². The van der Waals surface area contributed by atoms with Crippen LogP contribution in [0.1, 0.15) is 0 Å². The molecular weight excluding hydrogens is 665 g/mol. The second kappa shape index (κ2) is 10.9. The molecule has 0 amide bonds. The average Bonchev–Trinajstić information content (AvgIpc) is 3.91. The first-order valence-electron chi connectivity index (χ1n) is 18.0. The predicted octanol–water partition coefficient (Wildman–Crippen LogP) is 15.2. The van der Waals surface area contributed by atoms with E-state index in [2.05, 4.69) is 164 Å². The molecule has 0 aliphatic rings. The lowest BCUT2D eigenvalue weighted by atomic mass is 9.85. The number of fused-ring (bicyclic) bond motifs is 10. The third kappa shape index (κ3) is 4.26. The second-order valence-corrected chi connectivity index (χ2v) is 15.1. The van der Waals surface area contributed by atoms with Crippen LogP contribution in [0.25, 0.3) is 119 Å². The van der Waals surface area contributed by atoms with Gasteiger partial charge in [-0.05, 0) is 103 Å². The Balaban J connectivity index is 1.04. The maximum Gasteiger partial charge on any atom is 0.136 e. The maximum absolute atomic E-state index is 6.70. The highest BCUT2D eigenvalue weighted by molar-refractivity contribution is 7.25. The van der Waals surface area contributed by atoms with Gasteiger partial charge in [0.25, 0.3) is 0 Å². The fourth-order valence-electron chi connectivity index (χ4n) is 8.66. The maximum atomic E-state index is 6.70. The van der Waals surface area contributed by atoms with Crippen molar-refractivity contribution in [1.29, 1.82) is 0 Å². The van der Waals surface area contributed by atoms with Gasteiger partial charge < -0.3 is 8.83 Å². The topological polar surface area (TPSA) is 26.3 Å². The van der Waals surface area contributed by atoms with Crippen LogP contribution in [0, 0.1) is 0 Å². The van der Waals surface area contributed by atoms with E-state index in [-0.39, 0.29) is 0 Å². The number of hydrogen-bond acceptors (Lipinski definition) is 3. The fourth-order valence-corrected chi connectivity index (χ4v) is 9.81. The first-order chi connectivity index (χ1) is 26.2. The minimum atomic E-state index is 0.855. The molecule has 9 aromatic carbocycles. The van der Waals surface area contributed by atoms with Crippen LogP contribution in [-0.2, 0) is 0 Å². The van der Waals surface area contributed by atoms with Crippen molar-refractivity contribution in [3.63, 3.8) is 0 Å². The Morgan fingerprint density at radius 3 is 1.66 bits per heavy atom. The van der Waals surface area contributed by atoms with E-state index in [1.165, 1.54) is 69.2 Å². The van der Waals surface area contributed by atoms with E-state index in [9.17, 15) is 0 Å². The van der Waals surface area contributed by atoms with Crippen molar-refractivity contribution in [2.75, 3.05) is 0 Å². The standard InChI is InChI=1S/C50H28O2S/c1-2-10-30-23-31(18-17-29(30)9-1)43-28-51-44-26-41-34-21-19-32(24-45(34)52-46(41)27-42(43)44)49-37-12-3-5-14-39(37)50(40-15-6-4-13-38(40)49)33-20-22-36-35-11-7-8-16-47(35)53-48(36)25-33/h1-28H. The number of thiophene rings is 1. The summed E-state index contributed by atoms with van der Waals surface area (Å²) in [7, 11) is 0. The molecule has 0 spiro atoms. The van der Waals surface area contributed by atoms with Gasteiger partial charge in [0.2, 0.25) is 0 Å². The van der Waals surface area contributed by atoms with Crippen molar-refractivity contribution in [2.45, 2.75) is 0 Å².